The molecule has 1 aromatic rings. The first kappa shape index (κ1) is 14.5. The minimum absolute atomic E-state index is 0.619. The summed E-state index contributed by atoms with van der Waals surface area (Å²) in [5, 5.41) is 0. The highest BCUT2D eigenvalue weighted by atomic mass is 14.9. The predicted molar refractivity (Wildman–Crippen MR) is 80.3 cm³/mol. The van der Waals surface area contributed by atoms with Crippen molar-refractivity contribution in [1.29, 1.82) is 0 Å². The van der Waals surface area contributed by atoms with Gasteiger partial charge in [-0.2, -0.15) is 0 Å². The molecule has 2 heteroatoms. The first-order chi connectivity index (χ1) is 9.33. The van der Waals surface area contributed by atoms with E-state index in [0.717, 1.165) is 18.2 Å². The quantitative estimate of drug-likeness (QED) is 0.727. The molecule has 1 fully saturated rings. The molecule has 0 N–H and O–H groups in total. The number of hydrogen-bond acceptors (Lipinski definition) is 2. The third-order valence-corrected chi connectivity index (χ3v) is 4.45. The highest BCUT2D eigenvalue weighted by Gasteiger charge is 2.23. The molecule has 0 bridgehead atoms. The van der Waals surface area contributed by atoms with Crippen LogP contribution in [0.3, 0.4) is 0 Å². The Labute approximate surface area is 118 Å². The lowest BCUT2D eigenvalue weighted by Crippen LogP contribution is -2.15. The zero-order chi connectivity index (χ0) is 13.5. The zero-order valence-corrected chi connectivity index (χ0v) is 12.6. The smallest absolute Gasteiger partial charge is 0.131 e. The number of hydrogen-bond donors (Lipinski definition) is 0. The van der Waals surface area contributed by atoms with E-state index in [1.54, 1.807) is 0 Å². The van der Waals surface area contributed by atoms with Crippen LogP contribution < -0.4 is 0 Å². The molecule has 0 unspecified atom stereocenters. The van der Waals surface area contributed by atoms with E-state index in [2.05, 4.69) is 36.2 Å². The van der Waals surface area contributed by atoms with Crippen molar-refractivity contribution in [3.05, 3.63) is 23.8 Å². The van der Waals surface area contributed by atoms with Gasteiger partial charge in [0.2, 0.25) is 0 Å². The molecule has 2 nitrogen and oxygen atoms in total. The average Bonchev–Trinajstić information content (AvgIpc) is 2.47. The Morgan fingerprint density at radius 1 is 1.00 bits per heavy atom. The fourth-order valence-electron chi connectivity index (χ4n) is 3.20. The molecule has 1 aliphatic rings. The van der Waals surface area contributed by atoms with Crippen molar-refractivity contribution in [3.63, 3.8) is 0 Å². The van der Waals surface area contributed by atoms with E-state index in [-0.39, 0.29) is 0 Å². The van der Waals surface area contributed by atoms with Crippen LogP contribution in [0, 0.1) is 5.92 Å². The molecule has 2 rings (SSSR count). The summed E-state index contributed by atoms with van der Waals surface area (Å²) in [6.45, 7) is 4.52. The van der Waals surface area contributed by atoms with Gasteiger partial charge in [-0.05, 0) is 50.0 Å². The second kappa shape index (κ2) is 7.62. The summed E-state index contributed by atoms with van der Waals surface area (Å²) in [7, 11) is 0. The zero-order valence-electron chi connectivity index (χ0n) is 12.6. The van der Waals surface area contributed by atoms with E-state index in [1.807, 2.05) is 0 Å². The average molecular weight is 260 g/mol. The van der Waals surface area contributed by atoms with Crippen LogP contribution in [0.25, 0.3) is 0 Å². The van der Waals surface area contributed by atoms with Crippen LogP contribution in [-0.4, -0.2) is 9.97 Å². The minimum atomic E-state index is 0.619. The van der Waals surface area contributed by atoms with Crippen molar-refractivity contribution >= 4 is 0 Å². The highest BCUT2D eigenvalue weighted by Crippen LogP contribution is 2.35. The van der Waals surface area contributed by atoms with Crippen LogP contribution in [0.4, 0.5) is 0 Å². The normalized spacial score (nSPS) is 23.5. The van der Waals surface area contributed by atoms with Crippen molar-refractivity contribution in [1.82, 2.24) is 9.97 Å². The Balaban J connectivity index is 1.85. The first-order valence-electron chi connectivity index (χ1n) is 8.14. The van der Waals surface area contributed by atoms with Gasteiger partial charge in [-0.1, -0.05) is 33.1 Å². The molecule has 0 spiro atoms. The molecule has 0 atom stereocenters. The lowest BCUT2D eigenvalue weighted by atomic mass is 9.80. The summed E-state index contributed by atoms with van der Waals surface area (Å²) in [4.78, 5) is 9.23. The van der Waals surface area contributed by atoms with Crippen LogP contribution in [0.2, 0.25) is 0 Å². The molecule has 0 aliphatic heterocycles. The van der Waals surface area contributed by atoms with Crippen LogP contribution in [0.1, 0.15) is 82.5 Å². The third-order valence-electron chi connectivity index (χ3n) is 4.45. The van der Waals surface area contributed by atoms with E-state index in [1.165, 1.54) is 56.9 Å². The molecular formula is C17H28N2. The number of rotatable bonds is 6. The minimum Gasteiger partial charge on any atom is -0.241 e. The van der Waals surface area contributed by atoms with Gasteiger partial charge >= 0.3 is 0 Å². The molecule has 0 aromatic carbocycles. The summed E-state index contributed by atoms with van der Waals surface area (Å²) in [6, 6.07) is 0. The molecular weight excluding hydrogens is 232 g/mol. The number of aromatic nitrogens is 2. The highest BCUT2D eigenvalue weighted by molar-refractivity contribution is 5.08. The van der Waals surface area contributed by atoms with E-state index in [4.69, 9.17) is 0 Å². The summed E-state index contributed by atoms with van der Waals surface area (Å²) >= 11 is 0. The molecule has 106 valence electrons. The van der Waals surface area contributed by atoms with E-state index < -0.39 is 0 Å². The molecule has 0 amide bonds. The molecule has 0 radical (unpaired) electrons. The largest absolute Gasteiger partial charge is 0.241 e. The van der Waals surface area contributed by atoms with Gasteiger partial charge in [-0.15, -0.1) is 0 Å². The number of nitrogens with zero attached hydrogens (tertiary/aromatic N) is 2. The number of unbranched alkanes of at least 4 members (excludes halogenated alkanes) is 1. The fraction of sp³-hybridized carbons (Fsp3) is 0.765. The van der Waals surface area contributed by atoms with Gasteiger partial charge in [-0.3, -0.25) is 0 Å². The number of aryl methyl sites for hydroxylation is 1. The Morgan fingerprint density at radius 2 is 1.68 bits per heavy atom. The fourth-order valence-corrected chi connectivity index (χ4v) is 3.20. The second-order valence-corrected chi connectivity index (χ2v) is 6.06. The van der Waals surface area contributed by atoms with Gasteiger partial charge in [0, 0.05) is 18.3 Å². The van der Waals surface area contributed by atoms with Gasteiger partial charge in [-0.25, -0.2) is 9.97 Å². The standard InChI is InChI=1S/C17H28N2/c1-3-5-7-15-12-18-17(19-13-15)16-10-8-14(6-4-2)9-11-16/h12-14,16H,3-11H2,1-2H3/t14-,16-. The Morgan fingerprint density at radius 3 is 2.26 bits per heavy atom. The predicted octanol–water partition coefficient (Wildman–Crippen LogP) is 4.89. The van der Waals surface area contributed by atoms with Crippen LogP contribution in [-0.2, 0) is 6.42 Å². The van der Waals surface area contributed by atoms with Crippen molar-refractivity contribution in [2.75, 3.05) is 0 Å². The van der Waals surface area contributed by atoms with Crippen molar-refractivity contribution in [2.24, 2.45) is 5.92 Å². The van der Waals surface area contributed by atoms with E-state index in [9.17, 15) is 0 Å². The van der Waals surface area contributed by atoms with E-state index >= 15 is 0 Å². The van der Waals surface area contributed by atoms with Crippen molar-refractivity contribution in [2.45, 2.75) is 77.6 Å². The van der Waals surface area contributed by atoms with Gasteiger partial charge in [0.25, 0.3) is 0 Å². The lowest BCUT2D eigenvalue weighted by molar-refractivity contribution is 0.302. The van der Waals surface area contributed by atoms with E-state index in [0.29, 0.717) is 5.92 Å². The molecule has 19 heavy (non-hydrogen) atoms. The molecule has 0 saturated heterocycles. The maximum Gasteiger partial charge on any atom is 0.131 e. The summed E-state index contributed by atoms with van der Waals surface area (Å²) < 4.78 is 0. The topological polar surface area (TPSA) is 25.8 Å². The van der Waals surface area contributed by atoms with Gasteiger partial charge < -0.3 is 0 Å². The SMILES string of the molecule is CCCCc1cnc([C@H]2CC[C@H](CCC)CC2)nc1. The van der Waals surface area contributed by atoms with Crippen LogP contribution >= 0.6 is 0 Å². The Hall–Kier alpha value is -0.920. The van der Waals surface area contributed by atoms with Gasteiger partial charge in [0.05, 0.1) is 0 Å². The van der Waals surface area contributed by atoms with Gasteiger partial charge in [0.15, 0.2) is 0 Å². The maximum atomic E-state index is 4.62. The lowest BCUT2D eigenvalue weighted by Gasteiger charge is -2.27. The molecule has 1 aliphatic carbocycles. The molecule has 1 heterocycles. The summed E-state index contributed by atoms with van der Waals surface area (Å²) in [6.07, 6.45) is 15.8. The maximum absolute atomic E-state index is 4.62. The van der Waals surface area contributed by atoms with Crippen LogP contribution in [0.5, 0.6) is 0 Å². The summed E-state index contributed by atoms with van der Waals surface area (Å²) in [5.41, 5.74) is 1.30. The van der Waals surface area contributed by atoms with Gasteiger partial charge in [0.1, 0.15) is 5.82 Å². The Kier molecular flexibility index (Phi) is 5.81. The molecule has 1 saturated carbocycles. The summed E-state index contributed by atoms with van der Waals surface area (Å²) in [5.74, 6) is 2.67. The Bertz CT molecular complexity index is 350. The monoisotopic (exact) mass is 260 g/mol. The van der Waals surface area contributed by atoms with Crippen molar-refractivity contribution < 1.29 is 0 Å². The van der Waals surface area contributed by atoms with Crippen molar-refractivity contribution in [3.8, 4) is 0 Å². The third kappa shape index (κ3) is 4.29. The second-order valence-electron chi connectivity index (χ2n) is 6.06. The first-order valence-corrected chi connectivity index (χ1v) is 8.14. The van der Waals surface area contributed by atoms with Crippen LogP contribution in [0.15, 0.2) is 12.4 Å². The molecule has 1 aromatic heterocycles.